The average molecular weight is 300 g/mol. The van der Waals surface area contributed by atoms with Gasteiger partial charge in [0.2, 0.25) is 0 Å². The monoisotopic (exact) mass is 300 g/mol. The van der Waals surface area contributed by atoms with E-state index >= 15 is 0 Å². The van der Waals surface area contributed by atoms with Crippen molar-refractivity contribution in [1.29, 1.82) is 0 Å². The van der Waals surface area contributed by atoms with Crippen molar-refractivity contribution in [3.8, 4) is 11.8 Å². The molecule has 0 bridgehead atoms. The zero-order valence-corrected chi connectivity index (χ0v) is 12.8. The maximum Gasteiger partial charge on any atom is 0.253 e. The van der Waals surface area contributed by atoms with Gasteiger partial charge in [-0.3, -0.25) is 9.78 Å². The molecule has 0 aliphatic heterocycles. The fourth-order valence-electron chi connectivity index (χ4n) is 1.87. The van der Waals surface area contributed by atoms with Crippen molar-refractivity contribution in [2.45, 2.75) is 20.4 Å². The van der Waals surface area contributed by atoms with Gasteiger partial charge in [-0.05, 0) is 32.0 Å². The van der Waals surface area contributed by atoms with Crippen LogP contribution >= 0.6 is 11.3 Å². The summed E-state index contributed by atoms with van der Waals surface area (Å²) in [7, 11) is 0. The van der Waals surface area contributed by atoms with Gasteiger partial charge in [-0.1, -0.05) is 11.8 Å². The molecular formula is C16H16N2O2S. The van der Waals surface area contributed by atoms with Gasteiger partial charge in [0.1, 0.15) is 6.61 Å². The van der Waals surface area contributed by atoms with E-state index < -0.39 is 0 Å². The summed E-state index contributed by atoms with van der Waals surface area (Å²) in [6, 6.07) is 5.53. The topological polar surface area (TPSA) is 62.2 Å². The first-order valence-corrected chi connectivity index (χ1v) is 7.37. The normalized spacial score (nSPS) is 9.86. The molecule has 0 unspecified atom stereocenters. The first-order chi connectivity index (χ1) is 10.1. The Bertz CT molecular complexity index is 711. The van der Waals surface area contributed by atoms with E-state index in [1.807, 2.05) is 31.4 Å². The number of nitrogens with zero attached hydrogens (tertiary/aromatic N) is 1. The second-order valence-electron chi connectivity index (χ2n) is 4.53. The molecule has 5 heteroatoms. The van der Waals surface area contributed by atoms with Gasteiger partial charge in [-0.2, -0.15) is 0 Å². The predicted octanol–water partition coefficient (Wildman–Crippen LogP) is 2.03. The van der Waals surface area contributed by atoms with Crippen LogP contribution in [0.1, 0.15) is 32.2 Å². The van der Waals surface area contributed by atoms with Gasteiger partial charge in [0.15, 0.2) is 0 Å². The summed E-state index contributed by atoms with van der Waals surface area (Å²) in [5.41, 5.74) is 3.08. The number of carbonyl (C=O) groups is 1. The second kappa shape index (κ2) is 7.02. The Hall–Kier alpha value is -2.16. The van der Waals surface area contributed by atoms with E-state index in [2.05, 4.69) is 22.1 Å². The van der Waals surface area contributed by atoms with Crippen molar-refractivity contribution in [3.63, 3.8) is 0 Å². The number of carbonyl (C=O) groups excluding carboxylic acids is 1. The molecule has 21 heavy (non-hydrogen) atoms. The molecule has 0 radical (unpaired) electrons. The number of hydrogen-bond donors (Lipinski definition) is 2. The standard InChI is InChI=1S/C16H16N2O2S/c1-11-5-6-15(12(2)18-11)16(20)17-9-14-8-13(10-21-14)4-3-7-19/h5-6,8,10,19H,7,9H2,1-2H3,(H,17,20). The third kappa shape index (κ3) is 4.15. The second-order valence-corrected chi connectivity index (χ2v) is 5.53. The van der Waals surface area contributed by atoms with Gasteiger partial charge < -0.3 is 10.4 Å². The Morgan fingerprint density at radius 1 is 1.43 bits per heavy atom. The minimum atomic E-state index is -0.151. The van der Waals surface area contributed by atoms with Crippen molar-refractivity contribution >= 4 is 17.2 Å². The molecule has 0 spiro atoms. The van der Waals surface area contributed by atoms with E-state index in [0.717, 1.165) is 21.8 Å². The van der Waals surface area contributed by atoms with E-state index in [0.29, 0.717) is 12.1 Å². The first kappa shape index (κ1) is 15.2. The summed E-state index contributed by atoms with van der Waals surface area (Å²) < 4.78 is 0. The number of hydrogen-bond acceptors (Lipinski definition) is 4. The third-order valence-corrected chi connectivity index (χ3v) is 3.80. The number of aliphatic hydroxyl groups is 1. The van der Waals surface area contributed by atoms with Gasteiger partial charge in [0.05, 0.1) is 17.8 Å². The number of nitrogens with one attached hydrogen (secondary N) is 1. The fraction of sp³-hybridized carbons (Fsp3) is 0.250. The molecule has 2 N–H and O–H groups in total. The lowest BCUT2D eigenvalue weighted by Crippen LogP contribution is -2.23. The summed E-state index contributed by atoms with van der Waals surface area (Å²) in [5, 5.41) is 13.4. The molecule has 0 saturated heterocycles. The molecule has 2 rings (SSSR count). The van der Waals surface area contributed by atoms with E-state index in [1.54, 1.807) is 6.07 Å². The molecule has 0 aliphatic rings. The third-order valence-electron chi connectivity index (χ3n) is 2.86. The Morgan fingerprint density at radius 2 is 2.24 bits per heavy atom. The number of rotatable bonds is 3. The highest BCUT2D eigenvalue weighted by Gasteiger charge is 2.10. The maximum atomic E-state index is 12.1. The number of pyridine rings is 1. The molecule has 0 aliphatic carbocycles. The minimum absolute atomic E-state index is 0.128. The van der Waals surface area contributed by atoms with Crippen LogP contribution < -0.4 is 5.32 Å². The summed E-state index contributed by atoms with van der Waals surface area (Å²) in [4.78, 5) is 17.4. The summed E-state index contributed by atoms with van der Waals surface area (Å²) in [6.07, 6.45) is 0. The number of aryl methyl sites for hydroxylation is 2. The largest absolute Gasteiger partial charge is 0.384 e. The molecule has 0 atom stereocenters. The van der Waals surface area contributed by atoms with Crippen molar-refractivity contribution in [3.05, 3.63) is 51.0 Å². The Kier molecular flexibility index (Phi) is 5.09. The zero-order valence-electron chi connectivity index (χ0n) is 11.9. The highest BCUT2D eigenvalue weighted by molar-refractivity contribution is 7.10. The molecule has 2 aromatic rings. The van der Waals surface area contributed by atoms with E-state index in [-0.39, 0.29) is 12.5 Å². The number of thiophene rings is 1. The van der Waals surface area contributed by atoms with E-state index in [4.69, 9.17) is 5.11 Å². The molecule has 2 heterocycles. The van der Waals surface area contributed by atoms with Crippen molar-refractivity contribution in [2.24, 2.45) is 0 Å². The first-order valence-electron chi connectivity index (χ1n) is 6.49. The number of amides is 1. The molecule has 108 valence electrons. The lowest BCUT2D eigenvalue weighted by Gasteiger charge is -2.06. The lowest BCUT2D eigenvalue weighted by molar-refractivity contribution is 0.0950. The van der Waals surface area contributed by atoms with Crippen molar-refractivity contribution < 1.29 is 9.90 Å². The Morgan fingerprint density at radius 3 is 2.95 bits per heavy atom. The molecule has 0 saturated carbocycles. The van der Waals surface area contributed by atoms with E-state index in [9.17, 15) is 4.79 Å². The number of aliphatic hydroxyl groups excluding tert-OH is 1. The molecule has 1 amide bonds. The molecular weight excluding hydrogens is 284 g/mol. The predicted molar refractivity (Wildman–Crippen MR) is 83.2 cm³/mol. The van der Waals surface area contributed by atoms with Crippen LogP contribution in [0.25, 0.3) is 0 Å². The minimum Gasteiger partial charge on any atom is -0.384 e. The molecule has 4 nitrogen and oxygen atoms in total. The van der Waals surface area contributed by atoms with Crippen molar-refractivity contribution in [2.75, 3.05) is 6.61 Å². The number of aromatic nitrogens is 1. The fourth-order valence-corrected chi connectivity index (χ4v) is 2.63. The Balaban J connectivity index is 1.99. The van der Waals surface area contributed by atoms with Gasteiger partial charge in [-0.15, -0.1) is 11.3 Å². The molecule has 2 aromatic heterocycles. The molecule has 0 fully saturated rings. The quantitative estimate of drug-likeness (QED) is 0.853. The zero-order chi connectivity index (χ0) is 15.2. The van der Waals surface area contributed by atoms with Gasteiger partial charge in [0.25, 0.3) is 5.91 Å². The van der Waals surface area contributed by atoms with Crippen LogP contribution in [0.3, 0.4) is 0 Å². The van der Waals surface area contributed by atoms with Crippen LogP contribution in [-0.2, 0) is 6.54 Å². The summed E-state index contributed by atoms with van der Waals surface area (Å²) in [6.45, 7) is 4.03. The van der Waals surface area contributed by atoms with Gasteiger partial charge >= 0.3 is 0 Å². The van der Waals surface area contributed by atoms with Gasteiger partial charge in [0, 0.05) is 21.5 Å². The van der Waals surface area contributed by atoms with Crippen LogP contribution in [0.4, 0.5) is 0 Å². The average Bonchev–Trinajstić information content (AvgIpc) is 2.90. The van der Waals surface area contributed by atoms with Crippen LogP contribution in [0.5, 0.6) is 0 Å². The summed E-state index contributed by atoms with van der Waals surface area (Å²) >= 11 is 1.53. The lowest BCUT2D eigenvalue weighted by atomic mass is 10.1. The van der Waals surface area contributed by atoms with E-state index in [1.165, 1.54) is 11.3 Å². The maximum absolute atomic E-state index is 12.1. The smallest absolute Gasteiger partial charge is 0.253 e. The SMILES string of the molecule is Cc1ccc(C(=O)NCc2cc(C#CCO)cs2)c(C)n1. The van der Waals surface area contributed by atoms with Crippen LogP contribution in [-0.4, -0.2) is 22.6 Å². The Labute approximate surface area is 127 Å². The summed E-state index contributed by atoms with van der Waals surface area (Å²) in [5.74, 6) is 5.31. The van der Waals surface area contributed by atoms with Crippen LogP contribution in [0, 0.1) is 25.7 Å². The highest BCUT2D eigenvalue weighted by Crippen LogP contribution is 2.14. The highest BCUT2D eigenvalue weighted by atomic mass is 32.1. The van der Waals surface area contributed by atoms with Crippen LogP contribution in [0.15, 0.2) is 23.6 Å². The van der Waals surface area contributed by atoms with Gasteiger partial charge in [-0.25, -0.2) is 0 Å². The van der Waals surface area contributed by atoms with Crippen molar-refractivity contribution in [1.82, 2.24) is 10.3 Å². The van der Waals surface area contributed by atoms with Crippen LogP contribution in [0.2, 0.25) is 0 Å². The molecule has 0 aromatic carbocycles.